The number of nitrogens with one attached hydrogen (secondary N) is 1. The Bertz CT molecular complexity index is 927. The summed E-state index contributed by atoms with van der Waals surface area (Å²) in [5.41, 5.74) is 5.22. The summed E-state index contributed by atoms with van der Waals surface area (Å²) in [5.74, 6) is -1.27. The number of nitro benzene ring substituents is 1. The molecule has 7 nitrogen and oxygen atoms in total. The standard InChI is InChI=1S/C19H20Cl2FN3O4/c1-3-15(24-10(2)8-17(23)26)12-5-6-13(20)19(18(12)22)29-11-4-7-16(25(27)28)14(21)9-11/h4-7,9-10,15,24H,3,8H2,1-2H3,(H2,23,26)/t10?,15-/m1/s1. The lowest BCUT2D eigenvalue weighted by atomic mass is 10.0. The Labute approximate surface area is 177 Å². The normalized spacial score (nSPS) is 13.0. The number of primary amides is 1. The van der Waals surface area contributed by atoms with Crippen LogP contribution in [0.1, 0.15) is 38.3 Å². The van der Waals surface area contributed by atoms with Crippen molar-refractivity contribution in [1.82, 2.24) is 5.32 Å². The van der Waals surface area contributed by atoms with Gasteiger partial charge in [-0.1, -0.05) is 36.2 Å². The van der Waals surface area contributed by atoms with E-state index in [4.69, 9.17) is 33.7 Å². The maximum Gasteiger partial charge on any atom is 0.288 e. The second kappa shape index (κ2) is 9.87. The molecule has 0 heterocycles. The number of rotatable bonds is 9. The molecule has 0 aliphatic heterocycles. The van der Waals surface area contributed by atoms with E-state index in [1.54, 1.807) is 6.92 Å². The number of amides is 1. The highest BCUT2D eigenvalue weighted by molar-refractivity contribution is 6.33. The zero-order valence-corrected chi connectivity index (χ0v) is 17.3. The summed E-state index contributed by atoms with van der Waals surface area (Å²) in [5, 5.41) is 13.9. The molecular weight excluding hydrogens is 424 g/mol. The first kappa shape index (κ1) is 22.9. The first-order chi connectivity index (χ1) is 13.6. The summed E-state index contributed by atoms with van der Waals surface area (Å²) in [6.45, 7) is 3.64. The van der Waals surface area contributed by atoms with Gasteiger partial charge >= 0.3 is 0 Å². The van der Waals surface area contributed by atoms with E-state index in [0.29, 0.717) is 12.0 Å². The van der Waals surface area contributed by atoms with E-state index in [1.807, 2.05) is 6.92 Å². The Hall–Kier alpha value is -2.42. The van der Waals surface area contributed by atoms with Crippen molar-refractivity contribution < 1.29 is 18.8 Å². The summed E-state index contributed by atoms with van der Waals surface area (Å²) in [6.07, 6.45) is 0.640. The molecule has 0 aliphatic rings. The summed E-state index contributed by atoms with van der Waals surface area (Å²) in [7, 11) is 0. The Morgan fingerprint density at radius 1 is 1.31 bits per heavy atom. The van der Waals surface area contributed by atoms with Gasteiger partial charge in [-0.15, -0.1) is 0 Å². The highest BCUT2D eigenvalue weighted by atomic mass is 35.5. The minimum Gasteiger partial charge on any atom is -0.453 e. The number of carbonyl (C=O) groups excluding carboxylic acids is 1. The van der Waals surface area contributed by atoms with Gasteiger partial charge in [-0.3, -0.25) is 14.9 Å². The van der Waals surface area contributed by atoms with Gasteiger partial charge in [0.25, 0.3) is 5.69 Å². The van der Waals surface area contributed by atoms with Crippen LogP contribution in [-0.4, -0.2) is 16.9 Å². The van der Waals surface area contributed by atoms with Crippen molar-refractivity contribution in [3.8, 4) is 11.5 Å². The van der Waals surface area contributed by atoms with E-state index < -0.39 is 22.7 Å². The minimum absolute atomic E-state index is 0.0285. The number of benzene rings is 2. The van der Waals surface area contributed by atoms with Crippen LogP contribution in [0.15, 0.2) is 30.3 Å². The third-order valence-corrected chi connectivity index (χ3v) is 4.79. The van der Waals surface area contributed by atoms with Gasteiger partial charge in [0, 0.05) is 36.2 Å². The zero-order chi connectivity index (χ0) is 21.7. The second-order valence-electron chi connectivity index (χ2n) is 6.45. The number of ether oxygens (including phenoxy) is 1. The quantitative estimate of drug-likeness (QED) is 0.412. The maximum atomic E-state index is 15.2. The lowest BCUT2D eigenvalue weighted by Gasteiger charge is -2.23. The van der Waals surface area contributed by atoms with Crippen LogP contribution in [0.5, 0.6) is 11.5 Å². The van der Waals surface area contributed by atoms with Crippen LogP contribution in [0, 0.1) is 15.9 Å². The molecule has 2 aromatic carbocycles. The topological polar surface area (TPSA) is 107 Å². The molecule has 2 atom stereocenters. The molecular formula is C19H20Cl2FN3O4. The Balaban J connectivity index is 2.33. The van der Waals surface area contributed by atoms with Crippen molar-refractivity contribution in [3.63, 3.8) is 0 Å². The lowest BCUT2D eigenvalue weighted by molar-refractivity contribution is -0.384. The van der Waals surface area contributed by atoms with Crippen LogP contribution in [-0.2, 0) is 4.79 Å². The Kier molecular flexibility index (Phi) is 7.78. The van der Waals surface area contributed by atoms with Gasteiger partial charge in [-0.25, -0.2) is 4.39 Å². The predicted molar refractivity (Wildman–Crippen MR) is 109 cm³/mol. The van der Waals surface area contributed by atoms with Gasteiger partial charge in [0.15, 0.2) is 11.6 Å². The summed E-state index contributed by atoms with van der Waals surface area (Å²) < 4.78 is 20.7. The molecule has 0 saturated heterocycles. The van der Waals surface area contributed by atoms with E-state index >= 15 is 4.39 Å². The minimum atomic E-state index is -0.683. The number of nitrogens with two attached hydrogens (primary N) is 1. The van der Waals surface area contributed by atoms with Crippen molar-refractivity contribution >= 4 is 34.8 Å². The molecule has 0 aromatic heterocycles. The van der Waals surface area contributed by atoms with Gasteiger partial charge in [0.1, 0.15) is 10.8 Å². The molecule has 3 N–H and O–H groups in total. The molecule has 0 radical (unpaired) electrons. The third kappa shape index (κ3) is 5.79. The molecule has 2 rings (SSSR count). The van der Waals surface area contributed by atoms with E-state index in [0.717, 1.165) is 6.07 Å². The molecule has 0 aliphatic carbocycles. The van der Waals surface area contributed by atoms with Crippen LogP contribution >= 0.6 is 23.2 Å². The van der Waals surface area contributed by atoms with Crippen molar-refractivity contribution in [1.29, 1.82) is 0 Å². The number of halogens is 3. The summed E-state index contributed by atoms with van der Waals surface area (Å²) >= 11 is 12.0. The number of carbonyl (C=O) groups is 1. The van der Waals surface area contributed by atoms with Crippen LogP contribution < -0.4 is 15.8 Å². The Morgan fingerprint density at radius 3 is 2.55 bits per heavy atom. The number of nitro groups is 1. The van der Waals surface area contributed by atoms with Crippen molar-refractivity contribution in [3.05, 3.63) is 61.9 Å². The molecule has 156 valence electrons. The summed E-state index contributed by atoms with van der Waals surface area (Å²) in [6, 6.07) is 6.03. The third-order valence-electron chi connectivity index (χ3n) is 4.19. The zero-order valence-electron chi connectivity index (χ0n) is 15.7. The monoisotopic (exact) mass is 443 g/mol. The van der Waals surface area contributed by atoms with E-state index in [1.165, 1.54) is 24.3 Å². The highest BCUT2D eigenvalue weighted by Gasteiger charge is 2.23. The fourth-order valence-electron chi connectivity index (χ4n) is 2.86. The molecule has 1 amide bonds. The lowest BCUT2D eigenvalue weighted by Crippen LogP contribution is -2.34. The first-order valence-corrected chi connectivity index (χ1v) is 9.53. The van der Waals surface area contributed by atoms with Crippen LogP contribution in [0.4, 0.5) is 10.1 Å². The van der Waals surface area contributed by atoms with Crippen molar-refractivity contribution in [2.24, 2.45) is 5.73 Å². The predicted octanol–water partition coefficient (Wildman–Crippen LogP) is 5.14. The molecule has 0 bridgehead atoms. The molecule has 1 unspecified atom stereocenters. The van der Waals surface area contributed by atoms with Gasteiger partial charge < -0.3 is 15.8 Å². The fourth-order valence-corrected chi connectivity index (χ4v) is 3.28. The SMILES string of the molecule is CC[C@@H](NC(C)CC(N)=O)c1ccc(Cl)c(Oc2ccc([N+](=O)[O-])c(Cl)c2)c1F. The maximum absolute atomic E-state index is 15.2. The van der Waals surface area contributed by atoms with Crippen LogP contribution in [0.25, 0.3) is 0 Å². The Morgan fingerprint density at radius 2 is 2.00 bits per heavy atom. The van der Waals surface area contributed by atoms with Gasteiger partial charge in [-0.05, 0) is 25.5 Å². The molecule has 2 aromatic rings. The average Bonchev–Trinajstić information content (AvgIpc) is 2.62. The average molecular weight is 444 g/mol. The van der Waals surface area contributed by atoms with Gasteiger partial charge in [0.2, 0.25) is 5.91 Å². The molecule has 0 fully saturated rings. The van der Waals surface area contributed by atoms with Crippen molar-refractivity contribution in [2.75, 3.05) is 0 Å². The van der Waals surface area contributed by atoms with Crippen LogP contribution in [0.2, 0.25) is 10.0 Å². The smallest absolute Gasteiger partial charge is 0.288 e. The fraction of sp³-hybridized carbons (Fsp3) is 0.316. The largest absolute Gasteiger partial charge is 0.453 e. The molecule has 10 heteroatoms. The van der Waals surface area contributed by atoms with E-state index in [9.17, 15) is 14.9 Å². The summed E-state index contributed by atoms with van der Waals surface area (Å²) in [4.78, 5) is 21.3. The molecule has 29 heavy (non-hydrogen) atoms. The second-order valence-corrected chi connectivity index (χ2v) is 7.27. The highest BCUT2D eigenvalue weighted by Crippen LogP contribution is 2.38. The number of hydrogen-bond donors (Lipinski definition) is 2. The molecule has 0 saturated carbocycles. The number of hydrogen-bond acceptors (Lipinski definition) is 5. The van der Waals surface area contributed by atoms with Gasteiger partial charge in [-0.2, -0.15) is 0 Å². The van der Waals surface area contributed by atoms with E-state index in [2.05, 4.69) is 5.32 Å². The van der Waals surface area contributed by atoms with Crippen LogP contribution in [0.3, 0.4) is 0 Å². The van der Waals surface area contributed by atoms with Gasteiger partial charge in [0.05, 0.1) is 9.95 Å². The van der Waals surface area contributed by atoms with Crippen molar-refractivity contribution in [2.45, 2.75) is 38.8 Å². The van der Waals surface area contributed by atoms with E-state index in [-0.39, 0.29) is 39.7 Å². The first-order valence-electron chi connectivity index (χ1n) is 8.78. The number of nitrogens with zero attached hydrogens (tertiary/aromatic N) is 1. The molecule has 0 spiro atoms.